The first kappa shape index (κ1) is 21.3. The lowest BCUT2D eigenvalue weighted by Gasteiger charge is -2.08. The fourth-order valence-electron chi connectivity index (χ4n) is 3.00. The van der Waals surface area contributed by atoms with Crippen LogP contribution in [-0.2, 0) is 11.4 Å². The van der Waals surface area contributed by atoms with Crippen LogP contribution in [0.3, 0.4) is 0 Å². The largest absolute Gasteiger partial charge is 0.487 e. The molecule has 0 aliphatic rings. The molecule has 6 nitrogen and oxygen atoms in total. The van der Waals surface area contributed by atoms with E-state index >= 15 is 0 Å². The van der Waals surface area contributed by atoms with Crippen LogP contribution >= 0.6 is 11.3 Å². The number of carbonyl (C=O) groups excluding carboxylic acids is 2. The van der Waals surface area contributed by atoms with Crippen LogP contribution in [0.2, 0.25) is 0 Å². The summed E-state index contributed by atoms with van der Waals surface area (Å²) >= 11 is 1.33. The number of amides is 2. The van der Waals surface area contributed by atoms with Gasteiger partial charge in [0.05, 0.1) is 18.4 Å². The van der Waals surface area contributed by atoms with Crippen molar-refractivity contribution in [1.82, 2.24) is 10.3 Å². The minimum absolute atomic E-state index is 0.162. The summed E-state index contributed by atoms with van der Waals surface area (Å²) in [5.41, 5.74) is 2.57. The van der Waals surface area contributed by atoms with Gasteiger partial charge in [-0.15, -0.1) is 11.3 Å². The average molecular weight is 444 g/mol. The maximum atomic E-state index is 12.9. The third kappa shape index (κ3) is 5.59. The molecule has 4 aromatic rings. The van der Waals surface area contributed by atoms with E-state index in [2.05, 4.69) is 15.6 Å². The molecule has 0 bridgehead atoms. The fourth-order valence-corrected chi connectivity index (χ4v) is 4.03. The summed E-state index contributed by atoms with van der Waals surface area (Å²) in [7, 11) is 0. The zero-order valence-electron chi connectivity index (χ0n) is 17.2. The predicted molar refractivity (Wildman–Crippen MR) is 126 cm³/mol. The van der Waals surface area contributed by atoms with E-state index in [9.17, 15) is 9.59 Å². The number of hydrogen-bond donors (Lipinski definition) is 2. The molecule has 2 aromatic heterocycles. The highest BCUT2D eigenvalue weighted by atomic mass is 32.1. The van der Waals surface area contributed by atoms with Gasteiger partial charge in [0.1, 0.15) is 17.2 Å². The maximum Gasteiger partial charge on any atom is 0.265 e. The van der Waals surface area contributed by atoms with Crippen LogP contribution in [0, 0.1) is 0 Å². The molecule has 0 unspecified atom stereocenters. The van der Waals surface area contributed by atoms with Crippen molar-refractivity contribution < 1.29 is 14.3 Å². The molecule has 0 atom stereocenters. The molecule has 0 saturated heterocycles. The number of thiophene rings is 1. The van der Waals surface area contributed by atoms with Crippen molar-refractivity contribution in [3.8, 4) is 16.2 Å². The number of benzene rings is 2. The topological polar surface area (TPSA) is 80.3 Å². The number of ether oxygens (including phenoxy) is 1. The van der Waals surface area contributed by atoms with E-state index < -0.39 is 0 Å². The smallest absolute Gasteiger partial charge is 0.265 e. The first-order valence-corrected chi connectivity index (χ1v) is 10.8. The molecule has 32 heavy (non-hydrogen) atoms. The van der Waals surface area contributed by atoms with E-state index in [1.165, 1.54) is 11.3 Å². The number of hydrogen-bond acceptors (Lipinski definition) is 5. The summed E-state index contributed by atoms with van der Waals surface area (Å²) in [6.07, 6.45) is 3.16. The van der Waals surface area contributed by atoms with E-state index in [0.29, 0.717) is 22.9 Å². The minimum Gasteiger partial charge on any atom is -0.487 e. The van der Waals surface area contributed by atoms with Gasteiger partial charge in [-0.2, -0.15) is 0 Å². The van der Waals surface area contributed by atoms with Gasteiger partial charge in [0.2, 0.25) is 5.91 Å². The lowest BCUT2D eigenvalue weighted by atomic mass is 10.2. The average Bonchev–Trinajstić information content (AvgIpc) is 3.27. The normalized spacial score (nSPS) is 10.4. The van der Waals surface area contributed by atoms with Gasteiger partial charge in [-0.25, -0.2) is 0 Å². The van der Waals surface area contributed by atoms with Crippen molar-refractivity contribution in [3.05, 3.63) is 102 Å². The number of aromatic nitrogens is 1. The summed E-state index contributed by atoms with van der Waals surface area (Å²) in [5.74, 6) is -0.206. The molecule has 0 aliphatic carbocycles. The Hall–Kier alpha value is -3.97. The van der Waals surface area contributed by atoms with E-state index in [0.717, 1.165) is 16.0 Å². The summed E-state index contributed by atoms with van der Waals surface area (Å²) in [4.78, 5) is 30.4. The molecule has 0 aliphatic heterocycles. The first-order valence-electron chi connectivity index (χ1n) is 10.0. The molecule has 2 N–H and O–H groups in total. The third-order valence-corrected chi connectivity index (χ3v) is 5.72. The maximum absolute atomic E-state index is 12.9. The van der Waals surface area contributed by atoms with Gasteiger partial charge in [0.15, 0.2) is 0 Å². The number of nitrogens with one attached hydrogen (secondary N) is 2. The van der Waals surface area contributed by atoms with Crippen LogP contribution < -0.4 is 15.4 Å². The van der Waals surface area contributed by atoms with Gasteiger partial charge in [-0.3, -0.25) is 14.6 Å². The van der Waals surface area contributed by atoms with Crippen molar-refractivity contribution in [3.63, 3.8) is 0 Å². The Labute approximate surface area is 189 Å². The molecule has 0 radical (unpaired) electrons. The molecule has 0 saturated carbocycles. The zero-order chi connectivity index (χ0) is 22.2. The Kier molecular flexibility index (Phi) is 6.89. The van der Waals surface area contributed by atoms with E-state index in [1.807, 2.05) is 66.7 Å². The number of pyridine rings is 1. The molecule has 2 amide bonds. The lowest BCUT2D eigenvalue weighted by molar-refractivity contribution is -0.115. The van der Waals surface area contributed by atoms with Crippen molar-refractivity contribution in [2.24, 2.45) is 0 Å². The fraction of sp³-hybridized carbons (Fsp3) is 0.0800. The molecule has 2 aromatic carbocycles. The Morgan fingerprint density at radius 1 is 0.938 bits per heavy atom. The van der Waals surface area contributed by atoms with E-state index in [4.69, 9.17) is 4.74 Å². The summed E-state index contributed by atoms with van der Waals surface area (Å²) in [5, 5.41) is 5.38. The Balaban J connectivity index is 1.48. The summed E-state index contributed by atoms with van der Waals surface area (Å²) in [6, 6.07) is 24.9. The molecular weight excluding hydrogens is 422 g/mol. The minimum atomic E-state index is -0.360. The lowest BCUT2D eigenvalue weighted by Crippen LogP contribution is -2.32. The molecule has 4 rings (SSSR count). The third-order valence-electron chi connectivity index (χ3n) is 4.55. The Morgan fingerprint density at radius 2 is 1.69 bits per heavy atom. The van der Waals surface area contributed by atoms with E-state index in [1.54, 1.807) is 24.5 Å². The molecule has 0 spiro atoms. The van der Waals surface area contributed by atoms with Crippen LogP contribution in [0.5, 0.6) is 5.75 Å². The molecule has 0 fully saturated rings. The van der Waals surface area contributed by atoms with Crippen LogP contribution in [0.25, 0.3) is 10.4 Å². The summed E-state index contributed by atoms with van der Waals surface area (Å²) in [6.45, 7) is 0.179. The van der Waals surface area contributed by atoms with Gasteiger partial charge in [-0.1, -0.05) is 60.7 Å². The monoisotopic (exact) mass is 443 g/mol. The quantitative estimate of drug-likeness (QED) is 0.412. The standard InChI is InChI=1S/C25H21N3O3S/c29-23(28-20-12-7-13-26-15-20)16-27-25(30)24-21(31-17-18-8-3-1-4-9-18)14-22(32-24)19-10-5-2-6-11-19/h1-15H,16-17H2,(H,27,30)(H,28,29). The second-order valence-corrected chi connectivity index (χ2v) is 7.97. The Morgan fingerprint density at radius 3 is 2.41 bits per heavy atom. The van der Waals surface area contributed by atoms with Gasteiger partial charge < -0.3 is 15.4 Å². The SMILES string of the molecule is O=C(CNC(=O)c1sc(-c2ccccc2)cc1OCc1ccccc1)Nc1cccnc1. The van der Waals surface area contributed by atoms with Crippen molar-refractivity contribution in [1.29, 1.82) is 0 Å². The molecule has 2 heterocycles. The first-order chi connectivity index (χ1) is 15.7. The zero-order valence-corrected chi connectivity index (χ0v) is 18.0. The molecular formula is C25H21N3O3S. The highest BCUT2D eigenvalue weighted by molar-refractivity contribution is 7.17. The summed E-state index contributed by atoms with van der Waals surface area (Å²) < 4.78 is 5.99. The van der Waals surface area contributed by atoms with Crippen LogP contribution in [0.15, 0.2) is 91.3 Å². The van der Waals surface area contributed by atoms with Gasteiger partial charge in [0.25, 0.3) is 5.91 Å². The van der Waals surface area contributed by atoms with Crippen LogP contribution in [0.4, 0.5) is 5.69 Å². The number of anilines is 1. The van der Waals surface area contributed by atoms with Crippen LogP contribution in [-0.4, -0.2) is 23.3 Å². The van der Waals surface area contributed by atoms with Crippen molar-refractivity contribution in [2.45, 2.75) is 6.61 Å². The van der Waals surface area contributed by atoms with Gasteiger partial charge in [0, 0.05) is 11.1 Å². The predicted octanol–water partition coefficient (Wildman–Crippen LogP) is 4.76. The number of nitrogens with zero attached hydrogens (tertiary/aromatic N) is 1. The highest BCUT2D eigenvalue weighted by Gasteiger charge is 2.19. The number of carbonyl (C=O) groups is 2. The van der Waals surface area contributed by atoms with Crippen LogP contribution in [0.1, 0.15) is 15.2 Å². The van der Waals surface area contributed by atoms with Gasteiger partial charge in [-0.05, 0) is 29.3 Å². The van der Waals surface area contributed by atoms with Crippen molar-refractivity contribution >= 4 is 28.8 Å². The molecule has 160 valence electrons. The number of rotatable bonds is 8. The van der Waals surface area contributed by atoms with E-state index in [-0.39, 0.29) is 18.4 Å². The Bertz CT molecular complexity index is 1180. The molecule has 7 heteroatoms. The van der Waals surface area contributed by atoms with Crippen molar-refractivity contribution in [2.75, 3.05) is 11.9 Å². The second-order valence-electron chi connectivity index (χ2n) is 6.92. The van der Waals surface area contributed by atoms with Gasteiger partial charge >= 0.3 is 0 Å². The second kappa shape index (κ2) is 10.4. The highest BCUT2D eigenvalue weighted by Crippen LogP contribution is 2.36.